The van der Waals surface area contributed by atoms with Gasteiger partial charge in [0.1, 0.15) is 11.2 Å². The maximum atomic E-state index is 11.1. The number of alkyl halides is 1. The second kappa shape index (κ2) is 2.59. The van der Waals surface area contributed by atoms with Crippen molar-refractivity contribution in [2.45, 2.75) is 44.1 Å². The molecule has 1 heterocycles. The first-order valence-corrected chi connectivity index (χ1v) is 4.31. The molecular weight excluding hydrogens is 196 g/mol. The van der Waals surface area contributed by atoms with Crippen molar-refractivity contribution in [1.82, 2.24) is 0 Å². The predicted octanol–water partition coefficient (Wildman–Crippen LogP) is 1.00. The lowest BCUT2D eigenvalue weighted by Crippen LogP contribution is -2.62. The zero-order chi connectivity index (χ0) is 10.5. The van der Waals surface area contributed by atoms with E-state index in [0.29, 0.717) is 0 Å². The number of hydrogen-bond donors (Lipinski definition) is 1. The number of rotatable bonds is 0. The Morgan fingerprint density at radius 2 is 1.69 bits per heavy atom. The van der Waals surface area contributed by atoms with E-state index in [1.165, 1.54) is 0 Å². The first-order valence-electron chi connectivity index (χ1n) is 3.93. The molecule has 0 aromatic carbocycles. The number of halogens is 1. The van der Waals surface area contributed by atoms with Gasteiger partial charge in [-0.25, -0.2) is 4.79 Å². The van der Waals surface area contributed by atoms with Gasteiger partial charge in [0, 0.05) is 0 Å². The van der Waals surface area contributed by atoms with Gasteiger partial charge in [0.2, 0.25) is 0 Å². The maximum Gasteiger partial charge on any atom is 0.384 e. The highest BCUT2D eigenvalue weighted by Gasteiger charge is 2.56. The van der Waals surface area contributed by atoms with E-state index >= 15 is 0 Å². The third kappa shape index (κ3) is 1.66. The molecule has 1 aliphatic rings. The molecule has 0 aromatic rings. The highest BCUT2D eigenvalue weighted by molar-refractivity contribution is 6.31. The van der Waals surface area contributed by atoms with Gasteiger partial charge in [-0.15, -0.1) is 0 Å². The summed E-state index contributed by atoms with van der Waals surface area (Å²) < 4.78 is 9.99. The van der Waals surface area contributed by atoms with Crippen LogP contribution < -0.4 is 0 Å². The van der Waals surface area contributed by atoms with Gasteiger partial charge in [-0.3, -0.25) is 0 Å². The fraction of sp³-hybridized carbons (Fsp3) is 0.875. The molecule has 4 nitrogen and oxygen atoms in total. The summed E-state index contributed by atoms with van der Waals surface area (Å²) >= 11 is 5.39. The van der Waals surface area contributed by atoms with Crippen LogP contribution in [0.4, 0.5) is 0 Å². The van der Waals surface area contributed by atoms with E-state index in [4.69, 9.17) is 21.1 Å². The molecule has 76 valence electrons. The first-order chi connectivity index (χ1) is 5.58. The molecule has 0 unspecified atom stereocenters. The van der Waals surface area contributed by atoms with E-state index < -0.39 is 22.4 Å². The minimum Gasteiger partial charge on any atom is -0.452 e. The Balaban J connectivity index is 3.00. The van der Waals surface area contributed by atoms with Crippen molar-refractivity contribution < 1.29 is 19.4 Å². The minimum absolute atomic E-state index is 0.814. The Hall–Kier alpha value is -0.320. The SMILES string of the molecule is CC1(C)OC(=O)[C@](O)(Cl)OC1(C)C. The smallest absolute Gasteiger partial charge is 0.384 e. The number of carbonyl (C=O) groups is 1. The molecular formula is C8H13ClO4. The van der Waals surface area contributed by atoms with Crippen molar-refractivity contribution in [3.05, 3.63) is 0 Å². The first kappa shape index (κ1) is 10.8. The molecule has 13 heavy (non-hydrogen) atoms. The molecule has 1 N–H and O–H groups in total. The molecule has 1 fully saturated rings. The van der Waals surface area contributed by atoms with Gasteiger partial charge in [-0.2, -0.15) is 0 Å². The number of cyclic esters (lactones) is 1. The average Bonchev–Trinajstić information content (AvgIpc) is 1.80. The fourth-order valence-electron chi connectivity index (χ4n) is 0.920. The monoisotopic (exact) mass is 208 g/mol. The molecule has 0 saturated carbocycles. The molecule has 1 atom stereocenters. The molecule has 0 spiro atoms. The zero-order valence-corrected chi connectivity index (χ0v) is 8.81. The highest BCUT2D eigenvalue weighted by Crippen LogP contribution is 2.39. The van der Waals surface area contributed by atoms with E-state index in [1.807, 2.05) is 0 Å². The van der Waals surface area contributed by atoms with Crippen molar-refractivity contribution in [1.29, 1.82) is 0 Å². The largest absolute Gasteiger partial charge is 0.452 e. The minimum atomic E-state index is -2.36. The van der Waals surface area contributed by atoms with Crippen LogP contribution in [-0.4, -0.2) is 27.5 Å². The molecule has 1 rings (SSSR count). The van der Waals surface area contributed by atoms with E-state index in [0.717, 1.165) is 0 Å². The van der Waals surface area contributed by atoms with Crippen LogP contribution in [0.1, 0.15) is 27.7 Å². The van der Waals surface area contributed by atoms with Gasteiger partial charge in [0.15, 0.2) is 0 Å². The van der Waals surface area contributed by atoms with E-state index in [2.05, 4.69) is 0 Å². The lowest BCUT2D eigenvalue weighted by Gasteiger charge is -2.47. The van der Waals surface area contributed by atoms with Crippen molar-refractivity contribution in [2.24, 2.45) is 0 Å². The Labute approximate surface area is 81.8 Å². The fourth-order valence-corrected chi connectivity index (χ4v) is 1.15. The van der Waals surface area contributed by atoms with E-state index in [-0.39, 0.29) is 0 Å². The summed E-state index contributed by atoms with van der Waals surface area (Å²) in [5.41, 5.74) is -1.65. The Morgan fingerprint density at radius 3 is 2.08 bits per heavy atom. The molecule has 0 amide bonds. The number of carbonyl (C=O) groups excluding carboxylic acids is 1. The van der Waals surface area contributed by atoms with Crippen LogP contribution in [0.5, 0.6) is 0 Å². The molecule has 0 aromatic heterocycles. The summed E-state index contributed by atoms with van der Waals surface area (Å²) in [4.78, 5) is 11.1. The van der Waals surface area contributed by atoms with Gasteiger partial charge in [-0.05, 0) is 39.3 Å². The average molecular weight is 209 g/mol. The third-order valence-electron chi connectivity index (χ3n) is 2.44. The van der Waals surface area contributed by atoms with Gasteiger partial charge in [-0.1, -0.05) is 0 Å². The van der Waals surface area contributed by atoms with Crippen LogP contribution in [0, 0.1) is 0 Å². The number of hydrogen-bond acceptors (Lipinski definition) is 4. The molecule has 0 bridgehead atoms. The topological polar surface area (TPSA) is 55.8 Å². The van der Waals surface area contributed by atoms with Crippen molar-refractivity contribution in [2.75, 3.05) is 0 Å². The molecule has 1 aliphatic heterocycles. The number of esters is 1. The zero-order valence-electron chi connectivity index (χ0n) is 8.05. The number of ether oxygens (including phenoxy) is 2. The van der Waals surface area contributed by atoms with Gasteiger partial charge in [0.25, 0.3) is 0 Å². The standard InChI is InChI=1S/C8H13ClO4/c1-6(2)7(3,4)13-8(9,11)5(10)12-6/h11H,1-4H3/t8-/m1/s1. The summed E-state index contributed by atoms with van der Waals surface area (Å²) in [5, 5.41) is 6.92. The van der Waals surface area contributed by atoms with Gasteiger partial charge in [0.05, 0.1) is 0 Å². The summed E-state index contributed by atoms with van der Waals surface area (Å²) in [6, 6.07) is 0. The van der Waals surface area contributed by atoms with Crippen LogP contribution >= 0.6 is 11.6 Å². The Bertz CT molecular complexity index is 245. The molecule has 5 heteroatoms. The predicted molar refractivity (Wildman–Crippen MR) is 46.1 cm³/mol. The Morgan fingerprint density at radius 1 is 1.23 bits per heavy atom. The summed E-state index contributed by atoms with van der Waals surface area (Å²) in [7, 11) is 0. The second-order valence-corrected chi connectivity index (χ2v) is 4.59. The van der Waals surface area contributed by atoms with Crippen LogP contribution in [-0.2, 0) is 14.3 Å². The molecule has 1 saturated heterocycles. The van der Waals surface area contributed by atoms with E-state index in [1.54, 1.807) is 27.7 Å². The van der Waals surface area contributed by atoms with Crippen LogP contribution in [0.25, 0.3) is 0 Å². The maximum absolute atomic E-state index is 11.1. The van der Waals surface area contributed by atoms with E-state index in [9.17, 15) is 9.90 Å². The molecule has 0 aliphatic carbocycles. The van der Waals surface area contributed by atoms with Crippen LogP contribution in [0.2, 0.25) is 0 Å². The van der Waals surface area contributed by atoms with Crippen molar-refractivity contribution in [3.63, 3.8) is 0 Å². The lowest BCUT2D eigenvalue weighted by atomic mass is 9.88. The second-order valence-electron chi connectivity index (χ2n) is 4.07. The van der Waals surface area contributed by atoms with Gasteiger partial charge < -0.3 is 14.6 Å². The third-order valence-corrected chi connectivity index (χ3v) is 2.67. The van der Waals surface area contributed by atoms with Crippen molar-refractivity contribution in [3.8, 4) is 0 Å². The van der Waals surface area contributed by atoms with Crippen LogP contribution in [0.3, 0.4) is 0 Å². The quantitative estimate of drug-likeness (QED) is 0.477. The summed E-state index contributed by atoms with van der Waals surface area (Å²) in [6.45, 7) is 6.76. The highest BCUT2D eigenvalue weighted by atomic mass is 35.5. The molecule has 0 radical (unpaired) electrons. The van der Waals surface area contributed by atoms with Crippen LogP contribution in [0.15, 0.2) is 0 Å². The summed E-state index contributed by atoms with van der Waals surface area (Å²) in [6.07, 6.45) is 0. The van der Waals surface area contributed by atoms with Crippen molar-refractivity contribution >= 4 is 17.6 Å². The normalized spacial score (nSPS) is 36.9. The van der Waals surface area contributed by atoms with Gasteiger partial charge >= 0.3 is 11.2 Å². The lowest BCUT2D eigenvalue weighted by molar-refractivity contribution is -0.303. The number of aliphatic hydroxyl groups is 1. The summed E-state index contributed by atoms with van der Waals surface area (Å²) in [5.74, 6) is -0.974. The Kier molecular flexibility index (Phi) is 2.14.